The number of rotatable bonds is 8. The first-order chi connectivity index (χ1) is 18.1. The number of nitrogens with zero attached hydrogens (tertiary/aromatic N) is 2. The molecular formula is C28H24N2O8. The number of nitro benzene ring substituents is 1. The fraction of sp³-hybridized carbons (Fsp3) is 0.214. The van der Waals surface area contributed by atoms with Crippen LogP contribution in [-0.2, 0) is 14.3 Å². The van der Waals surface area contributed by atoms with Crippen molar-refractivity contribution in [3.63, 3.8) is 0 Å². The summed E-state index contributed by atoms with van der Waals surface area (Å²) >= 11 is 0. The lowest BCUT2D eigenvalue weighted by Crippen LogP contribution is -2.27. The first kappa shape index (κ1) is 26.2. The van der Waals surface area contributed by atoms with E-state index in [1.165, 1.54) is 48.5 Å². The average Bonchev–Trinajstić information content (AvgIpc) is 3.30. The van der Waals surface area contributed by atoms with E-state index in [2.05, 4.69) is 0 Å². The lowest BCUT2D eigenvalue weighted by atomic mass is 10.1. The third-order valence-electron chi connectivity index (χ3n) is 6.31. The van der Waals surface area contributed by atoms with Gasteiger partial charge in [-0.3, -0.25) is 24.5 Å². The molecule has 0 N–H and O–H groups in total. The van der Waals surface area contributed by atoms with Crippen LogP contribution in [0.1, 0.15) is 38.3 Å². The van der Waals surface area contributed by atoms with Gasteiger partial charge in [0.25, 0.3) is 5.69 Å². The molecule has 10 heteroatoms. The van der Waals surface area contributed by atoms with E-state index in [1.54, 1.807) is 4.90 Å². The lowest BCUT2D eigenvalue weighted by Gasteiger charge is -2.17. The number of carbonyl (C=O) groups excluding carboxylic acids is 4. The average molecular weight is 517 g/mol. The van der Waals surface area contributed by atoms with Gasteiger partial charge in [0.15, 0.2) is 12.4 Å². The van der Waals surface area contributed by atoms with Crippen molar-refractivity contribution < 1.29 is 33.6 Å². The maximum absolute atomic E-state index is 12.5. The van der Waals surface area contributed by atoms with Crippen LogP contribution in [0.2, 0.25) is 0 Å². The molecule has 1 saturated heterocycles. The van der Waals surface area contributed by atoms with Crippen LogP contribution < -0.4 is 9.64 Å². The molecule has 38 heavy (non-hydrogen) atoms. The molecule has 3 aromatic carbocycles. The standard InChI is InChI=1S/C28H24N2O8/c1-17-3-8-23(13-18(17)2)29-15-21(14-26(29)32)27(33)37-16-25(31)19-6-11-24(12-7-19)38-28(34)20-4-9-22(10-5-20)30(35)36/h3-13,21H,14-16H2,1-2H3/t21-/m0/s1. The quantitative estimate of drug-likeness (QED) is 0.143. The molecule has 10 nitrogen and oxygen atoms in total. The van der Waals surface area contributed by atoms with Crippen molar-refractivity contribution >= 4 is 35.0 Å². The molecule has 4 rings (SSSR count). The zero-order valence-electron chi connectivity index (χ0n) is 20.7. The van der Waals surface area contributed by atoms with Crippen molar-refractivity contribution in [2.75, 3.05) is 18.1 Å². The minimum absolute atomic E-state index is 0.00870. The number of hydrogen-bond donors (Lipinski definition) is 0. The Morgan fingerprint density at radius 1 is 0.947 bits per heavy atom. The molecule has 1 aliphatic rings. The van der Waals surface area contributed by atoms with Crippen LogP contribution in [0.3, 0.4) is 0 Å². The number of aryl methyl sites for hydroxylation is 2. The molecule has 0 saturated carbocycles. The summed E-state index contributed by atoms with van der Waals surface area (Å²) in [6.45, 7) is 3.62. The first-order valence-corrected chi connectivity index (χ1v) is 11.8. The summed E-state index contributed by atoms with van der Waals surface area (Å²) in [6.07, 6.45) is 0.00870. The fourth-order valence-electron chi connectivity index (χ4n) is 3.94. The molecule has 1 atom stereocenters. The van der Waals surface area contributed by atoms with Gasteiger partial charge in [-0.2, -0.15) is 0 Å². The number of ether oxygens (including phenoxy) is 2. The maximum atomic E-state index is 12.5. The Labute approximate surface area is 217 Å². The predicted molar refractivity (Wildman–Crippen MR) is 136 cm³/mol. The molecule has 194 valence electrons. The molecule has 0 unspecified atom stereocenters. The highest BCUT2D eigenvalue weighted by molar-refractivity contribution is 6.01. The Morgan fingerprint density at radius 2 is 1.61 bits per heavy atom. The van der Waals surface area contributed by atoms with E-state index in [-0.39, 0.29) is 41.4 Å². The van der Waals surface area contributed by atoms with Crippen molar-refractivity contribution in [2.45, 2.75) is 20.3 Å². The lowest BCUT2D eigenvalue weighted by molar-refractivity contribution is -0.384. The van der Waals surface area contributed by atoms with Gasteiger partial charge in [-0.15, -0.1) is 0 Å². The molecule has 1 fully saturated rings. The summed E-state index contributed by atoms with van der Waals surface area (Å²) in [6, 6.07) is 16.3. The topological polar surface area (TPSA) is 133 Å². The van der Waals surface area contributed by atoms with Crippen molar-refractivity contribution in [1.82, 2.24) is 0 Å². The van der Waals surface area contributed by atoms with Gasteiger partial charge in [0.05, 0.1) is 16.4 Å². The highest BCUT2D eigenvalue weighted by Gasteiger charge is 2.36. The molecule has 3 aromatic rings. The van der Waals surface area contributed by atoms with Crippen LogP contribution in [0.15, 0.2) is 66.7 Å². The van der Waals surface area contributed by atoms with Crippen LogP contribution in [0.4, 0.5) is 11.4 Å². The van der Waals surface area contributed by atoms with E-state index in [9.17, 15) is 29.3 Å². The number of anilines is 1. The van der Waals surface area contributed by atoms with Gasteiger partial charge >= 0.3 is 11.9 Å². The number of Topliss-reactive ketones (excluding diaryl/α,β-unsaturated/α-hetero) is 1. The van der Waals surface area contributed by atoms with Crippen LogP contribution in [0.5, 0.6) is 5.75 Å². The van der Waals surface area contributed by atoms with Gasteiger partial charge in [-0.1, -0.05) is 6.07 Å². The minimum atomic E-state index is -0.714. The first-order valence-electron chi connectivity index (χ1n) is 11.8. The van der Waals surface area contributed by atoms with Crippen molar-refractivity contribution in [3.05, 3.63) is 99.1 Å². The number of nitro groups is 1. The predicted octanol–water partition coefficient (Wildman–Crippen LogP) is 4.21. The van der Waals surface area contributed by atoms with Crippen LogP contribution >= 0.6 is 0 Å². The van der Waals surface area contributed by atoms with Crippen LogP contribution in [-0.4, -0.2) is 41.7 Å². The SMILES string of the molecule is Cc1ccc(N2C[C@@H](C(=O)OCC(=O)c3ccc(OC(=O)c4ccc([N+](=O)[O-])cc4)cc3)CC2=O)cc1C. The number of carbonyl (C=O) groups is 4. The van der Waals surface area contributed by atoms with E-state index in [1.807, 2.05) is 32.0 Å². The fourth-order valence-corrected chi connectivity index (χ4v) is 3.94. The zero-order chi connectivity index (χ0) is 27.4. The second kappa shape index (κ2) is 11.0. The van der Waals surface area contributed by atoms with Gasteiger partial charge in [-0.25, -0.2) is 4.79 Å². The molecule has 0 bridgehead atoms. The Hall–Kier alpha value is -4.86. The minimum Gasteiger partial charge on any atom is -0.457 e. The summed E-state index contributed by atoms with van der Waals surface area (Å²) < 4.78 is 10.4. The van der Waals surface area contributed by atoms with Gasteiger partial charge in [-0.05, 0) is 73.5 Å². The summed E-state index contributed by atoms with van der Waals surface area (Å²) in [5.74, 6) is -2.47. The van der Waals surface area contributed by atoms with Crippen molar-refractivity contribution in [3.8, 4) is 5.75 Å². The molecule has 0 aliphatic carbocycles. The van der Waals surface area contributed by atoms with Crippen LogP contribution in [0.25, 0.3) is 0 Å². The summed E-state index contributed by atoms with van der Waals surface area (Å²) in [5.41, 5.74) is 3.09. The molecule has 0 spiro atoms. The normalized spacial score (nSPS) is 14.7. The second-order valence-electron chi connectivity index (χ2n) is 8.92. The van der Waals surface area contributed by atoms with Gasteiger partial charge in [0.2, 0.25) is 5.91 Å². The summed E-state index contributed by atoms with van der Waals surface area (Å²) in [7, 11) is 0. The van der Waals surface area contributed by atoms with E-state index < -0.39 is 35.2 Å². The van der Waals surface area contributed by atoms with E-state index in [4.69, 9.17) is 9.47 Å². The smallest absolute Gasteiger partial charge is 0.343 e. The second-order valence-corrected chi connectivity index (χ2v) is 8.92. The van der Waals surface area contributed by atoms with Gasteiger partial charge in [0, 0.05) is 36.3 Å². The summed E-state index contributed by atoms with van der Waals surface area (Å²) in [4.78, 5) is 61.5. The van der Waals surface area contributed by atoms with E-state index in [0.29, 0.717) is 0 Å². The number of benzene rings is 3. The molecule has 1 amide bonds. The van der Waals surface area contributed by atoms with Crippen LogP contribution in [0, 0.1) is 29.9 Å². The zero-order valence-corrected chi connectivity index (χ0v) is 20.7. The number of amides is 1. The van der Waals surface area contributed by atoms with Gasteiger partial charge < -0.3 is 14.4 Å². The largest absolute Gasteiger partial charge is 0.457 e. The number of esters is 2. The van der Waals surface area contributed by atoms with E-state index >= 15 is 0 Å². The van der Waals surface area contributed by atoms with Gasteiger partial charge in [0.1, 0.15) is 5.75 Å². The summed E-state index contributed by atoms with van der Waals surface area (Å²) in [5, 5.41) is 10.7. The number of ketones is 1. The van der Waals surface area contributed by atoms with Crippen molar-refractivity contribution in [2.24, 2.45) is 5.92 Å². The van der Waals surface area contributed by atoms with Crippen molar-refractivity contribution in [1.29, 1.82) is 0 Å². The Morgan fingerprint density at radius 3 is 2.24 bits per heavy atom. The molecule has 1 heterocycles. The monoisotopic (exact) mass is 516 g/mol. The highest BCUT2D eigenvalue weighted by Crippen LogP contribution is 2.27. The third kappa shape index (κ3) is 5.92. The number of hydrogen-bond acceptors (Lipinski definition) is 8. The molecular weight excluding hydrogens is 492 g/mol. The highest BCUT2D eigenvalue weighted by atomic mass is 16.6. The maximum Gasteiger partial charge on any atom is 0.343 e. The number of non-ortho nitro benzene ring substituents is 1. The Kier molecular flexibility index (Phi) is 7.61. The van der Waals surface area contributed by atoms with E-state index in [0.717, 1.165) is 16.8 Å². The molecule has 0 aromatic heterocycles. The Bertz CT molecular complexity index is 1410. The third-order valence-corrected chi connectivity index (χ3v) is 6.31. The molecule has 1 aliphatic heterocycles. The molecule has 0 radical (unpaired) electrons. The Balaban J connectivity index is 1.29.